The fourth-order valence-corrected chi connectivity index (χ4v) is 5.74. The first-order valence-electron chi connectivity index (χ1n) is 20.2. The molecule has 0 aliphatic heterocycles. The maximum Gasteiger partial charge on any atom is 0.329 e. The summed E-state index contributed by atoms with van der Waals surface area (Å²) in [7, 11) is 0. The van der Waals surface area contributed by atoms with Crippen LogP contribution in [0.2, 0.25) is 0 Å². The lowest BCUT2D eigenvalue weighted by molar-refractivity contribution is -0.161. The Morgan fingerprint density at radius 1 is 0.714 bits per heavy atom. The lowest BCUT2D eigenvalue weighted by Gasteiger charge is -2.30. The summed E-state index contributed by atoms with van der Waals surface area (Å²) in [5.41, 5.74) is 27.3. The van der Waals surface area contributed by atoms with Crippen molar-refractivity contribution < 1.29 is 68.7 Å². The number of guanidine groups is 1. The summed E-state index contributed by atoms with van der Waals surface area (Å²) in [6.07, 6.45) is -4.90. The maximum absolute atomic E-state index is 13.9. The van der Waals surface area contributed by atoms with Crippen LogP contribution >= 0.6 is 0 Å². The van der Waals surface area contributed by atoms with Gasteiger partial charge in [-0.3, -0.25) is 48.2 Å². The largest absolute Gasteiger partial charge is 0.480 e. The third-order valence-electron chi connectivity index (χ3n) is 9.73. The molecule has 63 heavy (non-hydrogen) atoms. The Kier molecular flexibility index (Phi) is 25.1. The van der Waals surface area contributed by atoms with E-state index in [1.54, 1.807) is 41.5 Å². The average molecular weight is 905 g/mol. The molecule has 0 aromatic carbocycles. The van der Waals surface area contributed by atoms with Gasteiger partial charge in [0.1, 0.15) is 36.3 Å². The van der Waals surface area contributed by atoms with Crippen LogP contribution in [0.3, 0.4) is 0 Å². The predicted molar refractivity (Wildman–Crippen MR) is 224 cm³/mol. The molecule has 26 heteroatoms. The summed E-state index contributed by atoms with van der Waals surface area (Å²) < 4.78 is 0. The van der Waals surface area contributed by atoms with Crippen molar-refractivity contribution in [1.29, 1.82) is 0 Å². The molecule has 0 rings (SSSR count). The minimum absolute atomic E-state index is 0.0318. The Bertz CT molecular complexity index is 1630. The Balaban J connectivity index is 6.53. The number of rotatable bonds is 28. The van der Waals surface area contributed by atoms with Gasteiger partial charge in [-0.25, -0.2) is 4.79 Å². The normalized spacial score (nSPS) is 16.6. The highest BCUT2D eigenvalue weighted by Gasteiger charge is 2.41. The molecule has 360 valence electrons. The number of nitrogens with two attached hydrogens (primary N) is 5. The topological polar surface area (TPSA) is 461 Å². The van der Waals surface area contributed by atoms with Crippen molar-refractivity contribution in [3.05, 3.63) is 0 Å². The van der Waals surface area contributed by atoms with Gasteiger partial charge in [-0.05, 0) is 43.9 Å². The zero-order valence-corrected chi connectivity index (χ0v) is 36.6. The number of carbonyl (C=O) groups is 9. The van der Waals surface area contributed by atoms with Crippen LogP contribution in [0, 0.1) is 17.8 Å². The van der Waals surface area contributed by atoms with E-state index in [0.29, 0.717) is 0 Å². The van der Waals surface area contributed by atoms with Crippen LogP contribution in [0.1, 0.15) is 74.1 Å². The van der Waals surface area contributed by atoms with E-state index in [1.165, 1.54) is 0 Å². The van der Waals surface area contributed by atoms with Gasteiger partial charge in [0.05, 0.1) is 25.4 Å². The monoisotopic (exact) mass is 904 g/mol. The number of aliphatic hydroxyl groups is 4. The number of carboxylic acids is 1. The molecule has 0 radical (unpaired) electrons. The fourth-order valence-electron chi connectivity index (χ4n) is 5.74. The molecule has 0 fully saturated rings. The number of carboxylic acid groups (broad SMARTS) is 1. The quantitative estimate of drug-likeness (QED) is 0.0197. The molecule has 11 atom stereocenters. The minimum Gasteiger partial charge on any atom is -0.480 e. The second-order valence-corrected chi connectivity index (χ2v) is 15.8. The average Bonchev–Trinajstić information content (AvgIpc) is 3.20. The van der Waals surface area contributed by atoms with Gasteiger partial charge in [0.25, 0.3) is 0 Å². The van der Waals surface area contributed by atoms with Crippen LogP contribution in [-0.4, -0.2) is 170 Å². The van der Waals surface area contributed by atoms with E-state index in [4.69, 9.17) is 28.7 Å². The maximum atomic E-state index is 13.9. The zero-order valence-electron chi connectivity index (χ0n) is 36.6. The molecule has 0 aromatic heterocycles. The number of aliphatic imine (C=N–C) groups is 1. The van der Waals surface area contributed by atoms with Gasteiger partial charge >= 0.3 is 5.97 Å². The molecular formula is C37H68N12O14. The van der Waals surface area contributed by atoms with Gasteiger partial charge in [0.2, 0.25) is 47.3 Å². The van der Waals surface area contributed by atoms with E-state index in [-0.39, 0.29) is 54.9 Å². The van der Waals surface area contributed by atoms with Crippen molar-refractivity contribution in [1.82, 2.24) is 31.5 Å². The van der Waals surface area contributed by atoms with Gasteiger partial charge in [0.15, 0.2) is 18.1 Å². The van der Waals surface area contributed by atoms with Crippen molar-refractivity contribution >= 4 is 59.2 Å². The van der Waals surface area contributed by atoms with Gasteiger partial charge in [-0.15, -0.1) is 0 Å². The van der Waals surface area contributed by atoms with Crippen molar-refractivity contribution in [3.63, 3.8) is 0 Å². The number of aliphatic carboxylic acids is 1. The van der Waals surface area contributed by atoms with Gasteiger partial charge in [0, 0.05) is 6.54 Å². The molecule has 0 aliphatic rings. The summed E-state index contributed by atoms with van der Waals surface area (Å²) in [5, 5.41) is 61.9. The van der Waals surface area contributed by atoms with Crippen LogP contribution in [0.25, 0.3) is 0 Å². The van der Waals surface area contributed by atoms with E-state index in [1.807, 2.05) is 5.32 Å². The van der Waals surface area contributed by atoms with Crippen LogP contribution in [-0.2, 0) is 43.2 Å². The highest BCUT2D eigenvalue weighted by Crippen LogP contribution is 2.13. The molecular weight excluding hydrogens is 836 g/mol. The number of hydrogen-bond acceptors (Lipinski definition) is 16. The first-order valence-corrected chi connectivity index (χ1v) is 20.2. The van der Waals surface area contributed by atoms with Crippen molar-refractivity contribution in [2.24, 2.45) is 51.4 Å². The van der Waals surface area contributed by atoms with E-state index < -0.39 is 133 Å². The molecule has 20 N–H and O–H groups in total. The van der Waals surface area contributed by atoms with E-state index >= 15 is 0 Å². The number of carbonyl (C=O) groups excluding carboxylic acids is 8. The molecule has 0 heterocycles. The van der Waals surface area contributed by atoms with Crippen LogP contribution in [0.5, 0.6) is 0 Å². The lowest BCUT2D eigenvalue weighted by Crippen LogP contribution is -2.63. The number of amides is 8. The third-order valence-corrected chi connectivity index (χ3v) is 9.73. The summed E-state index contributed by atoms with van der Waals surface area (Å²) in [4.78, 5) is 121. The molecule has 8 amide bonds. The Hall–Kier alpha value is -5.54. The second-order valence-electron chi connectivity index (χ2n) is 15.8. The number of nitrogens with one attached hydrogen (secondary N) is 5. The fraction of sp³-hybridized carbons (Fsp3) is 0.730. The summed E-state index contributed by atoms with van der Waals surface area (Å²) in [6.45, 7) is 8.66. The Labute approximate surface area is 364 Å². The van der Waals surface area contributed by atoms with Crippen LogP contribution in [0.15, 0.2) is 4.99 Å². The highest BCUT2D eigenvalue weighted by molar-refractivity contribution is 6.05. The van der Waals surface area contributed by atoms with Crippen LogP contribution < -0.4 is 55.3 Å². The SMILES string of the molecule is CCC(C)[C@H](NC(=O)[C@@H](CCCN=C(N)N)NC(=O)[C@H](CC(C)C)NC(=O)[C@@H](N)[C@H](O)C(C)C)C(=O)N[C@H](C(=O)NCC(=O)N(C(=O)[C@@H](N)[C@H](O)C(N)=O)[C@@H](CO)C(=O)O)[C@H](C)O. The molecule has 0 aromatic rings. The molecule has 0 saturated heterocycles. The second kappa shape index (κ2) is 27.5. The molecule has 0 aliphatic carbocycles. The third kappa shape index (κ3) is 18.8. The van der Waals surface area contributed by atoms with Gasteiger partial charge in [-0.1, -0.05) is 48.0 Å². The van der Waals surface area contributed by atoms with Gasteiger partial charge < -0.3 is 80.8 Å². The smallest absolute Gasteiger partial charge is 0.329 e. The number of primary amides is 1. The van der Waals surface area contributed by atoms with Crippen molar-refractivity contribution in [2.75, 3.05) is 19.7 Å². The summed E-state index contributed by atoms with van der Waals surface area (Å²) in [6, 6.07) is -11.8. The van der Waals surface area contributed by atoms with Crippen LogP contribution in [0.4, 0.5) is 0 Å². The van der Waals surface area contributed by atoms with Crippen molar-refractivity contribution in [2.45, 2.75) is 135 Å². The number of imide groups is 1. The Morgan fingerprint density at radius 3 is 1.71 bits per heavy atom. The van der Waals surface area contributed by atoms with E-state index in [0.717, 1.165) is 6.92 Å². The van der Waals surface area contributed by atoms with Gasteiger partial charge in [-0.2, -0.15) is 0 Å². The molecule has 0 bridgehead atoms. The number of nitrogens with zero attached hydrogens (tertiary/aromatic N) is 2. The molecule has 26 nitrogen and oxygen atoms in total. The highest BCUT2D eigenvalue weighted by atomic mass is 16.4. The standard InChI is InChI=1S/C37H68N12O14/c1-8-17(6)25(34(60)48-26(18(7)51)33(59)44-13-22(52)49(21(14-50)36(62)63)35(61)24(39)28(54)29(40)55)47-30(56)19(10-9-11-43-37(41)42)45-31(57)20(12-15(2)3)46-32(58)23(38)27(53)16(4)5/h15-21,23-28,50-51,53-54H,8-14,38-39H2,1-7H3,(H2,40,55)(H,44,59)(H,45,57)(H,46,58)(H,47,56)(H,48,60)(H,62,63)(H4,41,42,43)/t17?,18-,19+,20-,21-,23-,24-,25-,26-,27+,28-/m0/s1. The number of hydrogen-bond donors (Lipinski definition) is 15. The van der Waals surface area contributed by atoms with Crippen molar-refractivity contribution in [3.8, 4) is 0 Å². The summed E-state index contributed by atoms with van der Waals surface area (Å²) >= 11 is 0. The predicted octanol–water partition coefficient (Wildman–Crippen LogP) is -7.11. The Morgan fingerprint density at radius 2 is 1.25 bits per heavy atom. The first-order chi connectivity index (χ1) is 29.1. The minimum atomic E-state index is -2.38. The molecule has 1 unspecified atom stereocenters. The first kappa shape index (κ1) is 57.5. The zero-order chi connectivity index (χ0) is 49.0. The number of aliphatic hydroxyl groups excluding tert-OH is 4. The molecule has 0 saturated carbocycles. The van der Waals surface area contributed by atoms with E-state index in [9.17, 15) is 68.7 Å². The summed E-state index contributed by atoms with van der Waals surface area (Å²) in [5.74, 6) is -12.8. The van der Waals surface area contributed by atoms with E-state index in [2.05, 4.69) is 26.3 Å². The lowest BCUT2D eigenvalue weighted by atomic mass is 9.96. The molecule has 0 spiro atoms.